The Hall–Kier alpha value is -1.05. The van der Waals surface area contributed by atoms with Gasteiger partial charge in [0.05, 0.1) is 22.5 Å². The van der Waals surface area contributed by atoms with Crippen LogP contribution in [0.25, 0.3) is 0 Å². The van der Waals surface area contributed by atoms with E-state index in [-0.39, 0.29) is 28.6 Å². The number of hydrogen-bond donors (Lipinski definition) is 0. The van der Waals surface area contributed by atoms with Crippen LogP contribution < -0.4 is 0 Å². The van der Waals surface area contributed by atoms with Gasteiger partial charge in [0.15, 0.2) is 0 Å². The van der Waals surface area contributed by atoms with Gasteiger partial charge >= 0.3 is 6.18 Å². The van der Waals surface area contributed by atoms with E-state index in [1.165, 1.54) is 12.3 Å². The molecule has 2 unspecified atom stereocenters. The smallest absolute Gasteiger partial charge is 0.401 e. The highest BCUT2D eigenvalue weighted by molar-refractivity contribution is 6.74. The fourth-order valence-corrected chi connectivity index (χ4v) is 4.86. The van der Waals surface area contributed by atoms with Gasteiger partial charge in [-0.05, 0) is 56.9 Å². The Balaban J connectivity index is 2.59. The zero-order chi connectivity index (χ0) is 21.5. The van der Waals surface area contributed by atoms with Gasteiger partial charge < -0.3 is 9.33 Å². The molecule has 0 spiro atoms. The second kappa shape index (κ2) is 7.65. The highest BCUT2D eigenvalue weighted by Gasteiger charge is 2.63. The number of allylic oxidation sites excluding steroid dienone is 1. The van der Waals surface area contributed by atoms with Crippen molar-refractivity contribution in [2.45, 2.75) is 69.4 Å². The van der Waals surface area contributed by atoms with Crippen LogP contribution in [0.4, 0.5) is 13.2 Å². The van der Waals surface area contributed by atoms with Crippen LogP contribution in [0.5, 0.6) is 0 Å². The van der Waals surface area contributed by atoms with E-state index in [0.29, 0.717) is 5.76 Å². The molecule has 1 aliphatic carbocycles. The number of aromatic nitrogens is 1. The van der Waals surface area contributed by atoms with Gasteiger partial charge in [-0.15, -0.1) is 0 Å². The minimum absolute atomic E-state index is 0.0360. The van der Waals surface area contributed by atoms with E-state index in [9.17, 15) is 13.2 Å². The molecule has 1 heterocycles. The summed E-state index contributed by atoms with van der Waals surface area (Å²) < 4.78 is 50.0. The molecule has 0 amide bonds. The molecule has 0 saturated carbocycles. The molecule has 0 N–H and O–H groups in total. The van der Waals surface area contributed by atoms with Crippen molar-refractivity contribution >= 4 is 19.9 Å². The van der Waals surface area contributed by atoms with Crippen molar-refractivity contribution in [2.75, 3.05) is 14.1 Å². The molecular formula is C20H30ClF3N2OSi. The normalized spacial score (nSPS) is 24.3. The molecule has 2 atom stereocenters. The molecule has 0 saturated heterocycles. The number of pyridine rings is 1. The van der Waals surface area contributed by atoms with Crippen LogP contribution in [-0.2, 0) is 9.84 Å². The number of hydrogen-bond acceptors (Lipinski definition) is 3. The van der Waals surface area contributed by atoms with Crippen molar-refractivity contribution < 1.29 is 17.6 Å². The van der Waals surface area contributed by atoms with Gasteiger partial charge in [-0.1, -0.05) is 32.4 Å². The van der Waals surface area contributed by atoms with Gasteiger partial charge in [0.25, 0.3) is 0 Å². The molecule has 0 bridgehead atoms. The number of nitrogens with zero attached hydrogens (tertiary/aromatic N) is 2. The van der Waals surface area contributed by atoms with E-state index >= 15 is 0 Å². The first kappa shape index (κ1) is 23.2. The first-order valence-corrected chi connectivity index (χ1v) is 12.7. The molecule has 1 aromatic rings. The van der Waals surface area contributed by atoms with Crippen molar-refractivity contribution in [1.29, 1.82) is 0 Å². The SMILES string of the molecule is CN(C)C1C=C(O[Si](C)(C)C(C)(C)C)CCC1(c1ncccc1Cl)C(F)(F)F. The van der Waals surface area contributed by atoms with Gasteiger partial charge in [0.2, 0.25) is 8.32 Å². The highest BCUT2D eigenvalue weighted by atomic mass is 35.5. The monoisotopic (exact) mass is 434 g/mol. The second-order valence-electron chi connectivity index (χ2n) is 9.21. The molecule has 8 heteroatoms. The van der Waals surface area contributed by atoms with Crippen LogP contribution in [0, 0.1) is 0 Å². The first-order valence-electron chi connectivity index (χ1n) is 9.37. The van der Waals surface area contributed by atoms with Crippen LogP contribution >= 0.6 is 11.6 Å². The Kier molecular flexibility index (Phi) is 6.35. The third kappa shape index (κ3) is 4.12. The Morgan fingerprint density at radius 1 is 1.25 bits per heavy atom. The van der Waals surface area contributed by atoms with E-state index in [1.54, 1.807) is 31.1 Å². The van der Waals surface area contributed by atoms with Crippen molar-refractivity contribution in [2.24, 2.45) is 0 Å². The largest absolute Gasteiger partial charge is 0.547 e. The zero-order valence-electron chi connectivity index (χ0n) is 17.6. The summed E-state index contributed by atoms with van der Waals surface area (Å²) in [5.74, 6) is 0.636. The predicted octanol–water partition coefficient (Wildman–Crippen LogP) is 6.16. The average molecular weight is 435 g/mol. The summed E-state index contributed by atoms with van der Waals surface area (Å²) in [5, 5.41) is -0.00143. The van der Waals surface area contributed by atoms with E-state index in [1.807, 2.05) is 0 Å². The number of halogens is 4. The fraction of sp³-hybridized carbons (Fsp3) is 0.650. The lowest BCUT2D eigenvalue weighted by molar-refractivity contribution is -0.208. The maximum atomic E-state index is 14.5. The average Bonchev–Trinajstić information content (AvgIpc) is 2.53. The molecule has 1 aromatic heterocycles. The summed E-state index contributed by atoms with van der Waals surface area (Å²) >= 11 is 6.20. The first-order chi connectivity index (χ1) is 12.6. The number of likely N-dealkylation sites (N-methyl/N-ethyl adjacent to an activating group) is 1. The van der Waals surface area contributed by atoms with Crippen LogP contribution in [0.3, 0.4) is 0 Å². The summed E-state index contributed by atoms with van der Waals surface area (Å²) in [6.07, 6.45) is -1.48. The Bertz CT molecular complexity index is 744. The third-order valence-electron chi connectivity index (χ3n) is 6.05. The minimum Gasteiger partial charge on any atom is -0.547 e. The van der Waals surface area contributed by atoms with Gasteiger partial charge in [-0.25, -0.2) is 0 Å². The van der Waals surface area contributed by atoms with Gasteiger partial charge in [0, 0.05) is 12.6 Å². The standard InChI is InChI=1S/C20H30ClF3N2OSi/c1-18(2,3)28(6,7)27-14-10-11-19(20(22,23)24,16(13-14)26(4)5)17-15(21)9-8-12-25-17/h8-9,12-13,16H,10-11H2,1-7H3. The summed E-state index contributed by atoms with van der Waals surface area (Å²) in [7, 11) is 1.14. The molecule has 3 nitrogen and oxygen atoms in total. The van der Waals surface area contributed by atoms with E-state index in [4.69, 9.17) is 16.0 Å². The minimum atomic E-state index is -4.51. The number of alkyl halides is 3. The molecule has 0 aromatic carbocycles. The molecule has 1 aliphatic rings. The lowest BCUT2D eigenvalue weighted by Gasteiger charge is -2.47. The van der Waals surface area contributed by atoms with E-state index < -0.39 is 26.0 Å². The van der Waals surface area contributed by atoms with Gasteiger partial charge in [-0.2, -0.15) is 13.2 Å². The van der Waals surface area contributed by atoms with Crippen molar-refractivity contribution in [3.05, 3.63) is 40.9 Å². The molecule has 158 valence electrons. The fourth-order valence-electron chi connectivity index (χ4n) is 3.44. The maximum Gasteiger partial charge on any atom is 0.401 e. The molecule has 0 fully saturated rings. The highest BCUT2D eigenvalue weighted by Crippen LogP contribution is 2.53. The number of rotatable bonds is 4. The van der Waals surface area contributed by atoms with E-state index in [0.717, 1.165) is 0 Å². The second-order valence-corrected chi connectivity index (χ2v) is 14.3. The summed E-state index contributed by atoms with van der Waals surface area (Å²) in [4.78, 5) is 5.65. The Morgan fingerprint density at radius 3 is 2.32 bits per heavy atom. The predicted molar refractivity (Wildman–Crippen MR) is 110 cm³/mol. The third-order valence-corrected chi connectivity index (χ3v) is 10.7. The molecule has 0 radical (unpaired) electrons. The zero-order valence-corrected chi connectivity index (χ0v) is 19.4. The molecule has 28 heavy (non-hydrogen) atoms. The summed E-state index contributed by atoms with van der Waals surface area (Å²) in [6, 6.07) is 2.05. The molecule has 0 aliphatic heterocycles. The van der Waals surface area contributed by atoms with Crippen LogP contribution in [0.2, 0.25) is 23.2 Å². The van der Waals surface area contributed by atoms with Crippen LogP contribution in [0.1, 0.15) is 39.3 Å². The van der Waals surface area contributed by atoms with E-state index in [2.05, 4.69) is 38.8 Å². The van der Waals surface area contributed by atoms with Crippen molar-refractivity contribution in [1.82, 2.24) is 9.88 Å². The summed E-state index contributed by atoms with van der Waals surface area (Å²) in [5.41, 5.74) is -2.31. The summed E-state index contributed by atoms with van der Waals surface area (Å²) in [6.45, 7) is 10.5. The molecule has 2 rings (SSSR count). The van der Waals surface area contributed by atoms with Crippen LogP contribution in [-0.4, -0.2) is 44.5 Å². The molecular weight excluding hydrogens is 405 g/mol. The van der Waals surface area contributed by atoms with Crippen molar-refractivity contribution in [3.63, 3.8) is 0 Å². The van der Waals surface area contributed by atoms with Crippen LogP contribution in [0.15, 0.2) is 30.2 Å². The Labute approximate surface area is 172 Å². The van der Waals surface area contributed by atoms with Gasteiger partial charge in [-0.3, -0.25) is 4.98 Å². The maximum absolute atomic E-state index is 14.5. The lowest BCUT2D eigenvalue weighted by atomic mass is 9.69. The quantitative estimate of drug-likeness (QED) is 0.530. The Morgan fingerprint density at radius 2 is 1.86 bits per heavy atom. The van der Waals surface area contributed by atoms with Crippen molar-refractivity contribution in [3.8, 4) is 0 Å². The lowest BCUT2D eigenvalue weighted by Crippen LogP contribution is -2.58. The van der Waals surface area contributed by atoms with Gasteiger partial charge in [0.1, 0.15) is 5.41 Å². The topological polar surface area (TPSA) is 25.4 Å².